The summed E-state index contributed by atoms with van der Waals surface area (Å²) in [6.07, 6.45) is 0.897. The van der Waals surface area contributed by atoms with Gasteiger partial charge in [0.2, 0.25) is 11.8 Å². The van der Waals surface area contributed by atoms with Gasteiger partial charge in [-0.2, -0.15) is 0 Å². The van der Waals surface area contributed by atoms with Crippen LogP contribution >= 0.6 is 11.3 Å². The van der Waals surface area contributed by atoms with Gasteiger partial charge in [0.1, 0.15) is 5.01 Å². The number of rotatable bonds is 4. The van der Waals surface area contributed by atoms with Gasteiger partial charge in [0.15, 0.2) is 5.69 Å². The van der Waals surface area contributed by atoms with Crippen LogP contribution in [0.1, 0.15) is 28.3 Å². The van der Waals surface area contributed by atoms with Crippen LogP contribution in [0.4, 0.5) is 0 Å². The highest BCUT2D eigenvalue weighted by atomic mass is 32.1. The van der Waals surface area contributed by atoms with Gasteiger partial charge >= 0.3 is 5.97 Å². The summed E-state index contributed by atoms with van der Waals surface area (Å²) in [5.41, 5.74) is -0.0146. The Morgan fingerprint density at radius 1 is 1.58 bits per heavy atom. The van der Waals surface area contributed by atoms with Gasteiger partial charge < -0.3 is 15.7 Å². The van der Waals surface area contributed by atoms with Gasteiger partial charge in [-0.05, 0) is 6.42 Å². The smallest absolute Gasteiger partial charge is 0.355 e. The fourth-order valence-electron chi connectivity index (χ4n) is 1.75. The quantitative estimate of drug-likeness (QED) is 0.720. The Kier molecular flexibility index (Phi) is 4.10. The third kappa shape index (κ3) is 3.50. The molecule has 2 heterocycles. The van der Waals surface area contributed by atoms with Crippen LogP contribution in [0.5, 0.6) is 0 Å². The van der Waals surface area contributed by atoms with Gasteiger partial charge in [-0.15, -0.1) is 11.3 Å². The molecule has 1 saturated heterocycles. The first-order valence-electron chi connectivity index (χ1n) is 5.78. The predicted molar refractivity (Wildman–Crippen MR) is 66.7 cm³/mol. The Balaban J connectivity index is 1.82. The van der Waals surface area contributed by atoms with E-state index < -0.39 is 5.97 Å². The Labute approximate surface area is 113 Å². The maximum Gasteiger partial charge on any atom is 0.355 e. The highest BCUT2D eigenvalue weighted by Crippen LogP contribution is 2.12. The van der Waals surface area contributed by atoms with Crippen molar-refractivity contribution in [2.45, 2.75) is 19.4 Å². The van der Waals surface area contributed by atoms with E-state index in [0.717, 1.165) is 0 Å². The minimum atomic E-state index is -1.08. The van der Waals surface area contributed by atoms with Gasteiger partial charge in [0.25, 0.3) is 0 Å². The molecule has 8 heteroatoms. The number of amides is 2. The lowest BCUT2D eigenvalue weighted by Gasteiger charge is -2.21. The van der Waals surface area contributed by atoms with Crippen molar-refractivity contribution in [3.8, 4) is 0 Å². The molecular weight excluding hydrogens is 270 g/mol. The van der Waals surface area contributed by atoms with E-state index in [2.05, 4.69) is 15.6 Å². The summed E-state index contributed by atoms with van der Waals surface area (Å²) in [5.74, 6) is -1.48. The number of carboxylic acids is 1. The predicted octanol–water partition coefficient (Wildman–Crippen LogP) is -0.0163. The SMILES string of the molecule is O=C1CCC(C(=O)NCc2nc(C(=O)O)cs2)CN1. The number of carbonyl (C=O) groups is 3. The van der Waals surface area contributed by atoms with Gasteiger partial charge in [-0.1, -0.05) is 0 Å². The van der Waals surface area contributed by atoms with E-state index in [1.54, 1.807) is 0 Å². The van der Waals surface area contributed by atoms with Crippen LogP contribution in [0.2, 0.25) is 0 Å². The van der Waals surface area contributed by atoms with E-state index in [0.29, 0.717) is 24.4 Å². The van der Waals surface area contributed by atoms with Crippen molar-refractivity contribution in [3.05, 3.63) is 16.1 Å². The first-order valence-corrected chi connectivity index (χ1v) is 6.66. The monoisotopic (exact) mass is 283 g/mol. The van der Waals surface area contributed by atoms with E-state index in [1.807, 2.05) is 0 Å². The molecule has 0 saturated carbocycles. The number of aromatic carboxylic acids is 1. The lowest BCUT2D eigenvalue weighted by molar-refractivity contribution is -0.129. The number of hydrogen-bond acceptors (Lipinski definition) is 5. The Hall–Kier alpha value is -1.96. The van der Waals surface area contributed by atoms with E-state index in [9.17, 15) is 14.4 Å². The van der Waals surface area contributed by atoms with Crippen molar-refractivity contribution < 1.29 is 19.5 Å². The molecule has 1 aliphatic rings. The highest BCUT2D eigenvalue weighted by Gasteiger charge is 2.24. The number of thiazole rings is 1. The molecule has 1 fully saturated rings. The van der Waals surface area contributed by atoms with Gasteiger partial charge in [0, 0.05) is 18.3 Å². The summed E-state index contributed by atoms with van der Waals surface area (Å²) in [7, 11) is 0. The van der Waals surface area contributed by atoms with Crippen LogP contribution in [-0.4, -0.2) is 34.4 Å². The zero-order chi connectivity index (χ0) is 13.8. The normalized spacial score (nSPS) is 18.7. The number of carboxylic acid groups (broad SMARTS) is 1. The number of carbonyl (C=O) groups excluding carboxylic acids is 2. The molecule has 3 N–H and O–H groups in total. The average Bonchev–Trinajstić information content (AvgIpc) is 2.86. The zero-order valence-electron chi connectivity index (χ0n) is 10.0. The number of nitrogens with one attached hydrogen (secondary N) is 2. The minimum Gasteiger partial charge on any atom is -0.476 e. The maximum atomic E-state index is 11.8. The van der Waals surface area contributed by atoms with Crippen molar-refractivity contribution in [2.24, 2.45) is 5.92 Å². The largest absolute Gasteiger partial charge is 0.476 e. The summed E-state index contributed by atoms with van der Waals surface area (Å²) in [6.45, 7) is 0.560. The van der Waals surface area contributed by atoms with E-state index >= 15 is 0 Å². The zero-order valence-corrected chi connectivity index (χ0v) is 10.8. The molecule has 0 aromatic carbocycles. The van der Waals surface area contributed by atoms with Crippen LogP contribution in [0.3, 0.4) is 0 Å². The summed E-state index contributed by atoms with van der Waals surface area (Å²) >= 11 is 1.19. The van der Waals surface area contributed by atoms with E-state index in [4.69, 9.17) is 5.11 Å². The Bertz CT molecular complexity index is 504. The summed E-state index contributed by atoms with van der Waals surface area (Å²) in [5, 5.41) is 16.0. The van der Waals surface area contributed by atoms with Gasteiger partial charge in [0.05, 0.1) is 12.5 Å². The third-order valence-electron chi connectivity index (χ3n) is 2.82. The van der Waals surface area contributed by atoms with E-state index in [1.165, 1.54) is 16.7 Å². The van der Waals surface area contributed by atoms with Crippen molar-refractivity contribution in [2.75, 3.05) is 6.54 Å². The lowest BCUT2D eigenvalue weighted by Crippen LogP contribution is -2.42. The number of piperidine rings is 1. The van der Waals surface area contributed by atoms with Crippen molar-refractivity contribution in [3.63, 3.8) is 0 Å². The van der Waals surface area contributed by atoms with E-state index in [-0.39, 0.29) is 30.0 Å². The molecule has 19 heavy (non-hydrogen) atoms. The second-order valence-corrected chi connectivity index (χ2v) is 5.13. The number of hydrogen-bond donors (Lipinski definition) is 3. The van der Waals surface area contributed by atoms with Crippen molar-refractivity contribution in [1.82, 2.24) is 15.6 Å². The molecule has 0 radical (unpaired) electrons. The Morgan fingerprint density at radius 3 is 2.95 bits per heavy atom. The molecule has 2 amide bonds. The van der Waals surface area contributed by atoms with Crippen LogP contribution in [0.25, 0.3) is 0 Å². The average molecular weight is 283 g/mol. The molecule has 102 valence electrons. The molecule has 2 rings (SSSR count). The fraction of sp³-hybridized carbons (Fsp3) is 0.455. The molecule has 0 aliphatic carbocycles. The molecule has 1 aromatic heterocycles. The summed E-state index contributed by atoms with van der Waals surface area (Å²) < 4.78 is 0. The van der Waals surface area contributed by atoms with Gasteiger partial charge in [-0.25, -0.2) is 9.78 Å². The first-order chi connectivity index (χ1) is 9.06. The highest BCUT2D eigenvalue weighted by molar-refractivity contribution is 7.09. The first kappa shape index (κ1) is 13.5. The summed E-state index contributed by atoms with van der Waals surface area (Å²) in [4.78, 5) is 37.3. The molecule has 1 unspecified atom stereocenters. The molecule has 0 bridgehead atoms. The molecule has 1 aromatic rings. The maximum absolute atomic E-state index is 11.8. The topological polar surface area (TPSA) is 108 Å². The molecule has 7 nitrogen and oxygen atoms in total. The van der Waals surface area contributed by atoms with Crippen LogP contribution < -0.4 is 10.6 Å². The van der Waals surface area contributed by atoms with Crippen molar-refractivity contribution >= 4 is 29.1 Å². The number of aromatic nitrogens is 1. The van der Waals surface area contributed by atoms with Crippen LogP contribution in [0.15, 0.2) is 5.38 Å². The van der Waals surface area contributed by atoms with Crippen molar-refractivity contribution in [1.29, 1.82) is 0 Å². The molecule has 1 aliphatic heterocycles. The summed E-state index contributed by atoms with van der Waals surface area (Å²) in [6, 6.07) is 0. The molecule has 1 atom stereocenters. The second-order valence-electron chi connectivity index (χ2n) is 4.19. The molecule has 0 spiro atoms. The second kappa shape index (κ2) is 5.79. The number of nitrogens with zero attached hydrogens (tertiary/aromatic N) is 1. The van der Waals surface area contributed by atoms with Crippen LogP contribution in [0, 0.1) is 5.92 Å². The Morgan fingerprint density at radius 2 is 2.37 bits per heavy atom. The standard InChI is InChI=1S/C11H13N3O4S/c15-8-2-1-6(3-12-8)10(16)13-4-9-14-7(5-19-9)11(17)18/h5-6H,1-4H2,(H,12,15)(H,13,16)(H,17,18). The van der Waals surface area contributed by atoms with Crippen LogP contribution in [-0.2, 0) is 16.1 Å². The minimum absolute atomic E-state index is 0.0146. The third-order valence-corrected chi connectivity index (χ3v) is 3.67. The fourth-order valence-corrected chi connectivity index (χ4v) is 2.46. The lowest BCUT2D eigenvalue weighted by atomic mass is 9.98. The van der Waals surface area contributed by atoms with Gasteiger partial charge in [-0.3, -0.25) is 9.59 Å². The molecular formula is C11H13N3O4S.